The van der Waals surface area contributed by atoms with Crippen molar-refractivity contribution in [3.05, 3.63) is 0 Å². The molecule has 2 unspecified atom stereocenters. The zero-order valence-electron chi connectivity index (χ0n) is 17.8. The SMILES string of the molecule is CCCCC(CC)CN(CC(CC)CCCC)C(=O)CC(C)(C)C. The van der Waals surface area contributed by atoms with Gasteiger partial charge in [0.15, 0.2) is 0 Å². The van der Waals surface area contributed by atoms with Gasteiger partial charge in [-0.05, 0) is 30.1 Å². The Labute approximate surface area is 152 Å². The van der Waals surface area contributed by atoms with E-state index >= 15 is 0 Å². The van der Waals surface area contributed by atoms with E-state index in [2.05, 4.69) is 53.4 Å². The highest BCUT2D eigenvalue weighted by atomic mass is 16.2. The normalized spacial score (nSPS) is 14.5. The lowest BCUT2D eigenvalue weighted by molar-refractivity contribution is -0.134. The van der Waals surface area contributed by atoms with Gasteiger partial charge in [-0.25, -0.2) is 0 Å². The van der Waals surface area contributed by atoms with Crippen LogP contribution in [0.5, 0.6) is 0 Å². The summed E-state index contributed by atoms with van der Waals surface area (Å²) in [5.41, 5.74) is 0.0750. The first-order chi connectivity index (χ1) is 11.3. The van der Waals surface area contributed by atoms with Crippen LogP contribution in [-0.4, -0.2) is 23.9 Å². The fourth-order valence-corrected chi connectivity index (χ4v) is 3.30. The molecule has 2 atom stereocenters. The molecule has 0 fully saturated rings. The molecule has 144 valence electrons. The molecule has 0 bridgehead atoms. The van der Waals surface area contributed by atoms with Gasteiger partial charge in [-0.3, -0.25) is 4.79 Å². The van der Waals surface area contributed by atoms with Gasteiger partial charge in [-0.2, -0.15) is 0 Å². The summed E-state index contributed by atoms with van der Waals surface area (Å²) < 4.78 is 0. The molecule has 2 nitrogen and oxygen atoms in total. The summed E-state index contributed by atoms with van der Waals surface area (Å²) in [6.45, 7) is 17.5. The van der Waals surface area contributed by atoms with Crippen LogP contribution in [0.3, 0.4) is 0 Å². The van der Waals surface area contributed by atoms with Gasteiger partial charge in [0.05, 0.1) is 0 Å². The average Bonchev–Trinajstić information content (AvgIpc) is 2.51. The van der Waals surface area contributed by atoms with Gasteiger partial charge in [0.2, 0.25) is 5.91 Å². The lowest BCUT2D eigenvalue weighted by Gasteiger charge is -2.32. The number of hydrogen-bond donors (Lipinski definition) is 0. The van der Waals surface area contributed by atoms with Gasteiger partial charge in [0.25, 0.3) is 0 Å². The lowest BCUT2D eigenvalue weighted by Crippen LogP contribution is -2.40. The van der Waals surface area contributed by atoms with Crippen molar-refractivity contribution in [3.8, 4) is 0 Å². The Kier molecular flexibility index (Phi) is 12.5. The second-order valence-electron chi connectivity index (χ2n) is 8.87. The molecular weight excluding hydrogens is 294 g/mol. The molecule has 2 heteroatoms. The second-order valence-corrected chi connectivity index (χ2v) is 8.87. The van der Waals surface area contributed by atoms with E-state index in [1.807, 2.05) is 0 Å². The number of rotatable bonds is 13. The minimum atomic E-state index is 0.0750. The van der Waals surface area contributed by atoms with Gasteiger partial charge in [-0.15, -0.1) is 0 Å². The Morgan fingerprint density at radius 2 is 1.25 bits per heavy atom. The van der Waals surface area contributed by atoms with E-state index in [0.29, 0.717) is 24.2 Å². The van der Waals surface area contributed by atoms with Crippen molar-refractivity contribution in [3.63, 3.8) is 0 Å². The summed E-state index contributed by atoms with van der Waals surface area (Å²) in [6.07, 6.45) is 10.6. The van der Waals surface area contributed by atoms with Crippen LogP contribution in [0.4, 0.5) is 0 Å². The first kappa shape index (κ1) is 23.5. The Morgan fingerprint density at radius 1 is 0.833 bits per heavy atom. The molecule has 0 spiro atoms. The van der Waals surface area contributed by atoms with Crippen molar-refractivity contribution in [2.24, 2.45) is 17.3 Å². The van der Waals surface area contributed by atoms with Crippen LogP contribution < -0.4 is 0 Å². The number of hydrogen-bond acceptors (Lipinski definition) is 1. The number of carbonyl (C=O) groups is 1. The Bertz CT molecular complexity index is 300. The highest BCUT2D eigenvalue weighted by molar-refractivity contribution is 5.76. The molecule has 0 saturated carbocycles. The first-order valence-corrected chi connectivity index (χ1v) is 10.5. The monoisotopic (exact) mass is 339 g/mol. The Morgan fingerprint density at radius 3 is 1.54 bits per heavy atom. The van der Waals surface area contributed by atoms with E-state index in [4.69, 9.17) is 0 Å². The number of carbonyl (C=O) groups excluding carboxylic acids is 1. The van der Waals surface area contributed by atoms with Crippen molar-refractivity contribution in [1.29, 1.82) is 0 Å². The second kappa shape index (κ2) is 12.8. The fourth-order valence-electron chi connectivity index (χ4n) is 3.30. The third kappa shape index (κ3) is 11.1. The van der Waals surface area contributed by atoms with Gasteiger partial charge in [-0.1, -0.05) is 87.0 Å². The molecule has 0 N–H and O–H groups in total. The van der Waals surface area contributed by atoms with Crippen LogP contribution in [-0.2, 0) is 4.79 Å². The third-order valence-electron chi connectivity index (χ3n) is 5.08. The van der Waals surface area contributed by atoms with Crippen molar-refractivity contribution in [2.75, 3.05) is 13.1 Å². The Balaban J connectivity index is 4.94. The van der Waals surface area contributed by atoms with E-state index in [1.165, 1.54) is 51.4 Å². The lowest BCUT2D eigenvalue weighted by atomic mass is 9.90. The quantitative estimate of drug-likeness (QED) is 0.366. The van der Waals surface area contributed by atoms with Crippen molar-refractivity contribution < 1.29 is 4.79 Å². The molecule has 0 aromatic heterocycles. The van der Waals surface area contributed by atoms with E-state index in [-0.39, 0.29) is 5.41 Å². The molecule has 0 rings (SSSR count). The van der Waals surface area contributed by atoms with Crippen LogP contribution in [0.1, 0.15) is 106 Å². The van der Waals surface area contributed by atoms with E-state index in [9.17, 15) is 4.79 Å². The van der Waals surface area contributed by atoms with Gasteiger partial charge in [0.1, 0.15) is 0 Å². The van der Waals surface area contributed by atoms with Gasteiger partial charge >= 0.3 is 0 Å². The Hall–Kier alpha value is -0.530. The predicted molar refractivity (Wildman–Crippen MR) is 107 cm³/mol. The first-order valence-electron chi connectivity index (χ1n) is 10.5. The predicted octanol–water partition coefficient (Wildman–Crippen LogP) is 6.68. The fraction of sp³-hybridized carbons (Fsp3) is 0.955. The summed E-state index contributed by atoms with van der Waals surface area (Å²) in [7, 11) is 0. The van der Waals surface area contributed by atoms with E-state index in [0.717, 1.165) is 13.1 Å². The summed E-state index contributed by atoms with van der Waals surface area (Å²) in [5, 5.41) is 0. The maximum absolute atomic E-state index is 12.9. The van der Waals surface area contributed by atoms with Crippen molar-refractivity contribution in [2.45, 2.75) is 106 Å². The van der Waals surface area contributed by atoms with E-state index in [1.54, 1.807) is 0 Å². The van der Waals surface area contributed by atoms with Gasteiger partial charge < -0.3 is 4.90 Å². The maximum atomic E-state index is 12.9. The topological polar surface area (TPSA) is 20.3 Å². The molecule has 0 saturated heterocycles. The van der Waals surface area contributed by atoms with Crippen LogP contribution in [0.2, 0.25) is 0 Å². The summed E-state index contributed by atoms with van der Waals surface area (Å²) in [5.74, 6) is 1.70. The highest BCUT2D eigenvalue weighted by Crippen LogP contribution is 2.24. The molecule has 24 heavy (non-hydrogen) atoms. The van der Waals surface area contributed by atoms with Gasteiger partial charge in [0, 0.05) is 19.5 Å². The zero-order chi connectivity index (χ0) is 18.6. The molecule has 1 amide bonds. The summed E-state index contributed by atoms with van der Waals surface area (Å²) >= 11 is 0. The largest absolute Gasteiger partial charge is 0.342 e. The van der Waals surface area contributed by atoms with Crippen LogP contribution in [0.25, 0.3) is 0 Å². The number of amides is 1. The van der Waals surface area contributed by atoms with E-state index < -0.39 is 0 Å². The number of nitrogens with zero attached hydrogens (tertiary/aromatic N) is 1. The smallest absolute Gasteiger partial charge is 0.223 e. The van der Waals surface area contributed by atoms with Crippen LogP contribution in [0, 0.1) is 17.3 Å². The minimum absolute atomic E-state index is 0.0750. The molecule has 0 aliphatic heterocycles. The molecule has 0 aliphatic carbocycles. The van der Waals surface area contributed by atoms with Crippen molar-refractivity contribution >= 4 is 5.91 Å². The maximum Gasteiger partial charge on any atom is 0.223 e. The molecule has 0 aromatic carbocycles. The highest BCUT2D eigenvalue weighted by Gasteiger charge is 2.25. The summed E-state index contributed by atoms with van der Waals surface area (Å²) in [4.78, 5) is 15.2. The molecular formula is C22H45NO. The molecule has 0 aliphatic rings. The standard InChI is InChI=1S/C22H45NO/c1-8-12-14-19(10-3)17-23(21(24)16-22(5,6)7)18-20(11-4)15-13-9-2/h19-20H,8-18H2,1-7H3. The molecule has 0 heterocycles. The molecule has 0 radical (unpaired) electrons. The third-order valence-corrected chi connectivity index (χ3v) is 5.08. The van der Waals surface area contributed by atoms with Crippen molar-refractivity contribution in [1.82, 2.24) is 4.90 Å². The number of unbranched alkanes of at least 4 members (excludes halogenated alkanes) is 2. The van der Waals surface area contributed by atoms with Crippen LogP contribution in [0.15, 0.2) is 0 Å². The van der Waals surface area contributed by atoms with Crippen LogP contribution >= 0.6 is 0 Å². The minimum Gasteiger partial charge on any atom is -0.342 e. The zero-order valence-corrected chi connectivity index (χ0v) is 17.8. The summed E-state index contributed by atoms with van der Waals surface area (Å²) in [6, 6.07) is 0. The molecule has 0 aromatic rings. The average molecular weight is 340 g/mol.